The minimum Gasteiger partial charge on any atom is -0.381 e. The zero-order valence-corrected chi connectivity index (χ0v) is 7.37. The summed E-state index contributed by atoms with van der Waals surface area (Å²) in [7, 11) is 0. The van der Waals surface area contributed by atoms with E-state index < -0.39 is 5.95 Å². The fraction of sp³-hybridized carbons (Fsp3) is 0.500. The van der Waals surface area contributed by atoms with E-state index in [4.69, 9.17) is 4.74 Å². The minimum absolute atomic E-state index is 0.407. The number of rotatable bonds is 1. The Balaban J connectivity index is 2.10. The Bertz CT molecular complexity index is 267. The maximum absolute atomic E-state index is 12.5. The van der Waals surface area contributed by atoms with Gasteiger partial charge in [-0.1, -0.05) is 6.07 Å². The van der Waals surface area contributed by atoms with E-state index in [0.29, 0.717) is 5.92 Å². The summed E-state index contributed by atoms with van der Waals surface area (Å²) in [6, 6.07) is 3.24. The van der Waals surface area contributed by atoms with Crippen molar-refractivity contribution in [2.24, 2.45) is 0 Å². The second-order valence-electron chi connectivity index (χ2n) is 3.30. The Morgan fingerprint density at radius 2 is 2.08 bits per heavy atom. The predicted molar refractivity (Wildman–Crippen MR) is 47.0 cm³/mol. The maximum Gasteiger partial charge on any atom is 0.212 e. The molecular weight excluding hydrogens is 169 g/mol. The molecule has 70 valence electrons. The molecule has 3 heteroatoms. The summed E-state index contributed by atoms with van der Waals surface area (Å²) in [6.07, 6.45) is 3.67. The van der Waals surface area contributed by atoms with Gasteiger partial charge in [0.25, 0.3) is 0 Å². The third-order valence-electron chi connectivity index (χ3n) is 2.44. The molecule has 1 aromatic heterocycles. The Hall–Kier alpha value is -0.960. The predicted octanol–water partition coefficient (Wildman–Crippen LogP) is 2.11. The highest BCUT2D eigenvalue weighted by Gasteiger charge is 2.15. The highest BCUT2D eigenvalue weighted by molar-refractivity contribution is 5.15. The average molecular weight is 181 g/mol. The molecular formula is C10H12FNO. The van der Waals surface area contributed by atoms with E-state index in [1.54, 1.807) is 6.20 Å². The third-order valence-corrected chi connectivity index (χ3v) is 2.44. The fourth-order valence-corrected chi connectivity index (χ4v) is 1.66. The zero-order chi connectivity index (χ0) is 9.10. The molecule has 1 aliphatic rings. The average Bonchev–Trinajstić information content (AvgIpc) is 2.20. The number of halogens is 1. The van der Waals surface area contributed by atoms with Crippen LogP contribution >= 0.6 is 0 Å². The van der Waals surface area contributed by atoms with Gasteiger partial charge in [0.1, 0.15) is 0 Å². The van der Waals surface area contributed by atoms with Crippen molar-refractivity contribution < 1.29 is 9.13 Å². The molecule has 0 radical (unpaired) electrons. The number of hydrogen-bond acceptors (Lipinski definition) is 2. The van der Waals surface area contributed by atoms with Crippen LogP contribution in [0, 0.1) is 5.95 Å². The molecule has 0 unspecified atom stereocenters. The molecule has 2 heterocycles. The summed E-state index contributed by atoms with van der Waals surface area (Å²) >= 11 is 0. The van der Waals surface area contributed by atoms with Crippen molar-refractivity contribution in [1.82, 2.24) is 4.98 Å². The molecule has 1 aliphatic heterocycles. The van der Waals surface area contributed by atoms with E-state index >= 15 is 0 Å². The van der Waals surface area contributed by atoms with Gasteiger partial charge in [0.2, 0.25) is 5.95 Å². The molecule has 1 fully saturated rings. The van der Waals surface area contributed by atoms with E-state index in [0.717, 1.165) is 31.6 Å². The first kappa shape index (κ1) is 8.63. The smallest absolute Gasteiger partial charge is 0.212 e. The van der Waals surface area contributed by atoms with Gasteiger partial charge in [-0.05, 0) is 30.4 Å². The molecule has 2 nitrogen and oxygen atoms in total. The lowest BCUT2D eigenvalue weighted by molar-refractivity contribution is 0.0852. The number of ether oxygens (including phenoxy) is 1. The Kier molecular flexibility index (Phi) is 2.54. The number of nitrogens with zero attached hydrogens (tertiary/aromatic N) is 1. The molecule has 1 aromatic rings. The molecule has 0 saturated carbocycles. The van der Waals surface area contributed by atoms with Crippen molar-refractivity contribution in [2.75, 3.05) is 13.2 Å². The van der Waals surface area contributed by atoms with Crippen LogP contribution in [0.5, 0.6) is 0 Å². The Morgan fingerprint density at radius 1 is 1.31 bits per heavy atom. The monoisotopic (exact) mass is 181 g/mol. The van der Waals surface area contributed by atoms with Crippen LogP contribution in [0.4, 0.5) is 4.39 Å². The molecule has 2 rings (SSSR count). The van der Waals surface area contributed by atoms with Gasteiger partial charge >= 0.3 is 0 Å². The Morgan fingerprint density at radius 3 is 2.69 bits per heavy atom. The molecule has 0 bridgehead atoms. The molecule has 1 saturated heterocycles. The summed E-state index contributed by atoms with van der Waals surface area (Å²) in [6.45, 7) is 1.62. The van der Waals surface area contributed by atoms with Crippen molar-refractivity contribution in [2.45, 2.75) is 18.8 Å². The lowest BCUT2D eigenvalue weighted by Gasteiger charge is -2.21. The highest BCUT2D eigenvalue weighted by atomic mass is 19.1. The first-order chi connectivity index (χ1) is 6.36. The molecule has 0 N–H and O–H groups in total. The molecule has 13 heavy (non-hydrogen) atoms. The summed E-state index contributed by atoms with van der Waals surface area (Å²) in [5, 5.41) is 0. The first-order valence-electron chi connectivity index (χ1n) is 4.55. The van der Waals surface area contributed by atoms with Gasteiger partial charge in [-0.15, -0.1) is 0 Å². The number of pyridine rings is 1. The van der Waals surface area contributed by atoms with Gasteiger partial charge in [0.15, 0.2) is 0 Å². The van der Waals surface area contributed by atoms with Gasteiger partial charge in [0.05, 0.1) is 0 Å². The van der Waals surface area contributed by atoms with E-state index in [-0.39, 0.29) is 0 Å². The van der Waals surface area contributed by atoms with Crippen LogP contribution in [0.25, 0.3) is 0 Å². The maximum atomic E-state index is 12.5. The lowest BCUT2D eigenvalue weighted by Crippen LogP contribution is -2.14. The molecule has 0 atom stereocenters. The highest BCUT2D eigenvalue weighted by Crippen LogP contribution is 2.25. The Labute approximate surface area is 76.7 Å². The van der Waals surface area contributed by atoms with E-state index in [1.807, 2.05) is 6.07 Å². The summed E-state index contributed by atoms with van der Waals surface area (Å²) in [5.74, 6) is 0.0951. The van der Waals surface area contributed by atoms with E-state index in [2.05, 4.69) is 4.98 Å². The summed E-state index contributed by atoms with van der Waals surface area (Å²) in [4.78, 5) is 3.65. The fourth-order valence-electron chi connectivity index (χ4n) is 1.66. The van der Waals surface area contributed by atoms with Crippen molar-refractivity contribution in [3.05, 3.63) is 29.8 Å². The lowest BCUT2D eigenvalue weighted by atomic mass is 9.93. The van der Waals surface area contributed by atoms with Gasteiger partial charge in [-0.3, -0.25) is 0 Å². The van der Waals surface area contributed by atoms with Crippen LogP contribution < -0.4 is 0 Å². The van der Waals surface area contributed by atoms with E-state index in [1.165, 1.54) is 6.07 Å². The topological polar surface area (TPSA) is 22.1 Å². The normalized spacial score (nSPS) is 18.8. The quantitative estimate of drug-likeness (QED) is 0.619. The van der Waals surface area contributed by atoms with Crippen LogP contribution in [0.2, 0.25) is 0 Å². The van der Waals surface area contributed by atoms with Crippen LogP contribution in [0.1, 0.15) is 24.3 Å². The van der Waals surface area contributed by atoms with E-state index in [9.17, 15) is 4.39 Å². The molecule has 0 spiro atoms. The molecule has 0 aromatic carbocycles. The van der Waals surface area contributed by atoms with Gasteiger partial charge in [0, 0.05) is 19.4 Å². The second kappa shape index (κ2) is 3.83. The first-order valence-corrected chi connectivity index (χ1v) is 4.55. The largest absolute Gasteiger partial charge is 0.381 e. The third kappa shape index (κ3) is 2.04. The van der Waals surface area contributed by atoms with Crippen molar-refractivity contribution >= 4 is 0 Å². The second-order valence-corrected chi connectivity index (χ2v) is 3.30. The van der Waals surface area contributed by atoms with Crippen molar-refractivity contribution in [1.29, 1.82) is 0 Å². The van der Waals surface area contributed by atoms with Gasteiger partial charge < -0.3 is 4.74 Å². The van der Waals surface area contributed by atoms with Crippen LogP contribution in [0.3, 0.4) is 0 Å². The molecule has 0 aliphatic carbocycles. The summed E-state index contributed by atoms with van der Waals surface area (Å²) in [5.41, 5.74) is 1.13. The van der Waals surface area contributed by atoms with Crippen LogP contribution in [-0.4, -0.2) is 18.2 Å². The van der Waals surface area contributed by atoms with Gasteiger partial charge in [-0.2, -0.15) is 4.39 Å². The van der Waals surface area contributed by atoms with Crippen LogP contribution in [0.15, 0.2) is 18.3 Å². The van der Waals surface area contributed by atoms with Crippen molar-refractivity contribution in [3.8, 4) is 0 Å². The molecule has 0 amide bonds. The van der Waals surface area contributed by atoms with Gasteiger partial charge in [-0.25, -0.2) is 4.98 Å². The standard InChI is InChI=1S/C10H12FNO/c11-10-2-1-9(7-12-10)8-3-5-13-6-4-8/h1-2,7-8H,3-6H2. The SMILES string of the molecule is Fc1ccc(C2CCOCC2)cn1. The minimum atomic E-state index is -0.407. The summed E-state index contributed by atoms with van der Waals surface area (Å²) < 4.78 is 17.8. The zero-order valence-electron chi connectivity index (χ0n) is 7.37. The number of aromatic nitrogens is 1. The van der Waals surface area contributed by atoms with Crippen molar-refractivity contribution in [3.63, 3.8) is 0 Å². The van der Waals surface area contributed by atoms with Crippen LogP contribution in [-0.2, 0) is 4.74 Å². The number of hydrogen-bond donors (Lipinski definition) is 0.